The zero-order valence-electron chi connectivity index (χ0n) is 44.2. The minimum absolute atomic E-state index is 0.411. The van der Waals surface area contributed by atoms with Gasteiger partial charge in [0.25, 0.3) is 0 Å². The molecule has 1 heteroatoms. The second-order valence-electron chi connectivity index (χ2n) is 26.4. The van der Waals surface area contributed by atoms with Gasteiger partial charge in [-0.15, -0.1) is 0 Å². The van der Waals surface area contributed by atoms with Crippen molar-refractivity contribution in [3.05, 3.63) is 34.9 Å². The van der Waals surface area contributed by atoms with E-state index in [0.29, 0.717) is 21.7 Å². The molecular weight excluding hydrogens is 761 g/mol. The minimum Gasteiger partial charge on any atom is -0.390 e. The summed E-state index contributed by atoms with van der Waals surface area (Å²) in [6, 6.07) is 0. The Bertz CT molecular complexity index is 1590. The van der Waals surface area contributed by atoms with E-state index < -0.39 is 5.60 Å². The standard InChI is InChI=1S/C31H54O.C31H52/c1-7-16-31(32,17-8-2)20-14-23(4)26-11-12-27-25-10-9-24-21-22(3)13-18-29(24,5)28(25)15-19-30(26,27)6;1-7-9-24(10-8-2)12-11-23(4)27-15-16-28-26-14-13-25-21-22(3)17-19-30(25,5)29(26)18-20-31(27,28)6/h9,22-23,25-28,32H,7-8,10-21H2,1-6H3;9,13,22-23,26-29H,7-8,10-12,14-21H2,1-6H3/b;24-9+/t22-,23+,25-,26+,27-,28-,29-,30+;22-,23+,26-,27+,28-,29-,30-,31+/m00/s1. The lowest BCUT2D eigenvalue weighted by Gasteiger charge is -2.58. The van der Waals surface area contributed by atoms with Crippen LogP contribution in [0.1, 0.15) is 256 Å². The quantitative estimate of drug-likeness (QED) is 0.163. The Morgan fingerprint density at radius 2 is 1.08 bits per heavy atom. The third-order valence-corrected chi connectivity index (χ3v) is 22.7. The molecule has 0 bridgehead atoms. The third kappa shape index (κ3) is 9.76. The van der Waals surface area contributed by atoms with Crippen LogP contribution in [-0.4, -0.2) is 10.7 Å². The molecule has 0 saturated heterocycles. The minimum atomic E-state index is -0.411. The van der Waals surface area contributed by atoms with E-state index in [-0.39, 0.29) is 0 Å². The fourth-order valence-electron chi connectivity index (χ4n) is 19.2. The highest BCUT2D eigenvalue weighted by molar-refractivity contribution is 5.26. The number of aliphatic hydroxyl groups is 1. The van der Waals surface area contributed by atoms with Crippen molar-refractivity contribution in [2.45, 2.75) is 262 Å². The monoisotopic (exact) mass is 867 g/mol. The molecule has 0 heterocycles. The second-order valence-corrected chi connectivity index (χ2v) is 26.4. The highest BCUT2D eigenvalue weighted by Crippen LogP contribution is 2.69. The molecule has 1 N–H and O–H groups in total. The lowest BCUT2D eigenvalue weighted by Crippen LogP contribution is -2.50. The fourth-order valence-corrected chi connectivity index (χ4v) is 19.2. The van der Waals surface area contributed by atoms with Gasteiger partial charge in [0, 0.05) is 0 Å². The maximum absolute atomic E-state index is 11.2. The van der Waals surface area contributed by atoms with Gasteiger partial charge in [0.2, 0.25) is 0 Å². The largest absolute Gasteiger partial charge is 0.390 e. The van der Waals surface area contributed by atoms with Crippen LogP contribution in [0.2, 0.25) is 0 Å². The van der Waals surface area contributed by atoms with E-state index in [1.54, 1.807) is 5.57 Å². The van der Waals surface area contributed by atoms with Crippen LogP contribution in [0.3, 0.4) is 0 Å². The molecule has 1 nitrogen and oxygen atoms in total. The van der Waals surface area contributed by atoms with E-state index in [1.165, 1.54) is 141 Å². The molecule has 0 aromatic heterocycles. The van der Waals surface area contributed by atoms with Gasteiger partial charge in [0.05, 0.1) is 5.60 Å². The topological polar surface area (TPSA) is 20.2 Å². The first kappa shape index (κ1) is 50.1. The Kier molecular flexibility index (Phi) is 16.2. The molecule has 0 spiro atoms. The maximum atomic E-state index is 11.2. The lowest BCUT2D eigenvalue weighted by molar-refractivity contribution is -0.0552. The van der Waals surface area contributed by atoms with Gasteiger partial charge >= 0.3 is 0 Å². The van der Waals surface area contributed by atoms with Crippen LogP contribution in [0, 0.1) is 92.7 Å². The Labute approximate surface area is 393 Å². The predicted molar refractivity (Wildman–Crippen MR) is 274 cm³/mol. The van der Waals surface area contributed by atoms with Crippen molar-refractivity contribution in [3.63, 3.8) is 0 Å². The van der Waals surface area contributed by atoms with Crippen LogP contribution >= 0.6 is 0 Å². The number of fused-ring (bicyclic) bond motifs is 10. The number of rotatable bonds is 15. The van der Waals surface area contributed by atoms with Gasteiger partial charge in [0.1, 0.15) is 0 Å². The molecule has 360 valence electrons. The summed E-state index contributed by atoms with van der Waals surface area (Å²) < 4.78 is 0. The van der Waals surface area contributed by atoms with Gasteiger partial charge in [-0.1, -0.05) is 137 Å². The number of hydrogen-bond acceptors (Lipinski definition) is 1. The van der Waals surface area contributed by atoms with E-state index in [2.05, 4.69) is 101 Å². The Balaban J connectivity index is 0.000000189. The Hall–Kier alpha value is -0.820. The summed E-state index contributed by atoms with van der Waals surface area (Å²) in [5.74, 6) is 11.1. The van der Waals surface area contributed by atoms with Crippen molar-refractivity contribution >= 4 is 0 Å². The fraction of sp³-hybridized carbons (Fsp3) is 0.903. The summed E-state index contributed by atoms with van der Waals surface area (Å²) in [4.78, 5) is 0. The van der Waals surface area contributed by atoms with Crippen molar-refractivity contribution in [3.8, 4) is 0 Å². The summed E-state index contributed by atoms with van der Waals surface area (Å²) >= 11 is 0. The molecule has 8 rings (SSSR count). The zero-order valence-corrected chi connectivity index (χ0v) is 44.2. The average molecular weight is 868 g/mol. The summed E-state index contributed by atoms with van der Waals surface area (Å²) in [5, 5.41) is 11.2. The van der Waals surface area contributed by atoms with Gasteiger partial charge in [-0.2, -0.15) is 0 Å². The van der Waals surface area contributed by atoms with Crippen LogP contribution < -0.4 is 0 Å². The van der Waals surface area contributed by atoms with Gasteiger partial charge in [-0.05, 0) is 247 Å². The Morgan fingerprint density at radius 1 is 0.603 bits per heavy atom. The summed E-state index contributed by atoms with van der Waals surface area (Å²) in [6.07, 6.45) is 44.3. The van der Waals surface area contributed by atoms with Crippen LogP contribution in [-0.2, 0) is 0 Å². The van der Waals surface area contributed by atoms with E-state index >= 15 is 0 Å². The SMILES string of the molecule is CC/C=C(\CCC)CC[C@@H](C)[C@H]1CC[C@H]2[C@@H]3CC=C4C[C@@H](C)CC[C@]4(C)[C@H]3CC[C@]12C.CCCC(O)(CCC)CC[C@@H](C)[C@H]1CC[C@H]2[C@@H]3CC=C4C[C@@H](C)CC[C@]4(C)[C@H]3CC[C@]12C. The van der Waals surface area contributed by atoms with Crippen molar-refractivity contribution in [1.82, 2.24) is 0 Å². The van der Waals surface area contributed by atoms with E-state index in [9.17, 15) is 5.11 Å². The third-order valence-electron chi connectivity index (χ3n) is 22.7. The van der Waals surface area contributed by atoms with E-state index in [1.807, 2.05) is 11.1 Å². The molecular formula is C62H106O. The zero-order chi connectivity index (χ0) is 45.4. The van der Waals surface area contributed by atoms with Gasteiger partial charge in [-0.25, -0.2) is 0 Å². The van der Waals surface area contributed by atoms with Crippen LogP contribution in [0.15, 0.2) is 34.9 Å². The van der Waals surface area contributed by atoms with E-state index in [4.69, 9.17) is 0 Å². The van der Waals surface area contributed by atoms with Crippen LogP contribution in [0.5, 0.6) is 0 Å². The van der Waals surface area contributed by atoms with Crippen molar-refractivity contribution in [2.24, 2.45) is 92.7 Å². The molecule has 8 aliphatic rings. The van der Waals surface area contributed by atoms with Gasteiger partial charge < -0.3 is 5.11 Å². The molecule has 8 aliphatic carbocycles. The van der Waals surface area contributed by atoms with Crippen molar-refractivity contribution < 1.29 is 5.11 Å². The first-order valence-corrected chi connectivity index (χ1v) is 28.8. The van der Waals surface area contributed by atoms with E-state index in [0.717, 1.165) is 103 Å². The highest BCUT2D eigenvalue weighted by atomic mass is 16.3. The van der Waals surface area contributed by atoms with Crippen LogP contribution in [0.4, 0.5) is 0 Å². The van der Waals surface area contributed by atoms with Crippen molar-refractivity contribution in [2.75, 3.05) is 0 Å². The molecule has 0 amide bonds. The average Bonchev–Trinajstić information content (AvgIpc) is 3.80. The number of hydrogen-bond donors (Lipinski definition) is 1. The summed E-state index contributed by atoms with van der Waals surface area (Å²) in [6.45, 7) is 29.9. The molecule has 0 unspecified atom stereocenters. The van der Waals surface area contributed by atoms with Crippen LogP contribution in [0.25, 0.3) is 0 Å². The lowest BCUT2D eigenvalue weighted by atomic mass is 9.46. The normalized spacial score (nSPS) is 43.1. The molecule has 63 heavy (non-hydrogen) atoms. The smallest absolute Gasteiger partial charge is 0.0647 e. The summed E-state index contributed by atoms with van der Waals surface area (Å²) in [5.41, 5.74) is 7.25. The van der Waals surface area contributed by atoms with Crippen molar-refractivity contribution in [1.29, 1.82) is 0 Å². The first-order chi connectivity index (χ1) is 30.0. The maximum Gasteiger partial charge on any atom is 0.0647 e. The Morgan fingerprint density at radius 3 is 1.52 bits per heavy atom. The number of allylic oxidation sites excluding steroid dienone is 6. The molecule has 0 radical (unpaired) electrons. The predicted octanol–water partition coefficient (Wildman–Crippen LogP) is 18.7. The summed E-state index contributed by atoms with van der Waals surface area (Å²) in [7, 11) is 0. The van der Waals surface area contributed by atoms with Gasteiger partial charge in [0.15, 0.2) is 0 Å². The molecule has 6 saturated carbocycles. The molecule has 6 fully saturated rings. The first-order valence-electron chi connectivity index (χ1n) is 28.8. The second kappa shape index (κ2) is 20.4. The molecule has 0 aromatic carbocycles. The molecule has 0 aliphatic heterocycles. The highest BCUT2D eigenvalue weighted by Gasteiger charge is 2.60. The molecule has 0 aromatic rings. The molecule has 16 atom stereocenters. The van der Waals surface area contributed by atoms with Gasteiger partial charge in [-0.3, -0.25) is 0 Å².